The van der Waals surface area contributed by atoms with Gasteiger partial charge in [-0.15, -0.1) is 16.6 Å². The molecule has 1 rings (SSSR count). The molecule has 0 fully saturated rings. The standard InChI is InChI=1S/C9H12N6O3/c1-3-4-15(5-7(16)17)9(18)10-6(2)8-11-13-14-12-8/h1,6H,4-5H2,2H3,(H,10,18)(H,16,17)(H,11,12,13,14). The van der Waals surface area contributed by atoms with Crippen molar-refractivity contribution in [1.29, 1.82) is 0 Å². The first-order valence-electron chi connectivity index (χ1n) is 4.98. The fraction of sp³-hybridized carbons (Fsp3) is 0.444. The van der Waals surface area contributed by atoms with E-state index in [1.54, 1.807) is 6.92 Å². The minimum Gasteiger partial charge on any atom is -0.480 e. The Bertz CT molecular complexity index is 451. The van der Waals surface area contributed by atoms with E-state index in [2.05, 4.69) is 31.9 Å². The number of carbonyl (C=O) groups is 2. The zero-order valence-corrected chi connectivity index (χ0v) is 9.62. The summed E-state index contributed by atoms with van der Waals surface area (Å²) in [7, 11) is 0. The van der Waals surface area contributed by atoms with Crippen LogP contribution >= 0.6 is 0 Å². The Hall–Kier alpha value is -2.63. The summed E-state index contributed by atoms with van der Waals surface area (Å²) in [5.74, 6) is 1.36. The third kappa shape index (κ3) is 3.75. The number of nitrogens with one attached hydrogen (secondary N) is 2. The number of rotatable bonds is 5. The Morgan fingerprint density at radius 2 is 2.39 bits per heavy atom. The van der Waals surface area contributed by atoms with E-state index in [-0.39, 0.29) is 6.54 Å². The Morgan fingerprint density at radius 3 is 2.89 bits per heavy atom. The molecule has 0 aliphatic heterocycles. The van der Waals surface area contributed by atoms with Crippen LogP contribution in [0.1, 0.15) is 18.8 Å². The number of aromatic amines is 1. The van der Waals surface area contributed by atoms with E-state index in [0.717, 1.165) is 4.90 Å². The molecule has 0 saturated heterocycles. The van der Waals surface area contributed by atoms with Gasteiger partial charge in [0.15, 0.2) is 5.82 Å². The number of tetrazole rings is 1. The molecule has 1 heterocycles. The molecule has 2 amide bonds. The van der Waals surface area contributed by atoms with Gasteiger partial charge >= 0.3 is 12.0 Å². The second-order valence-corrected chi connectivity index (χ2v) is 3.40. The Kier molecular flexibility index (Phi) is 4.62. The van der Waals surface area contributed by atoms with Crippen LogP contribution in [0.3, 0.4) is 0 Å². The predicted octanol–water partition coefficient (Wildman–Crippen LogP) is -1.01. The topological polar surface area (TPSA) is 124 Å². The van der Waals surface area contributed by atoms with Gasteiger partial charge in [0.25, 0.3) is 0 Å². The van der Waals surface area contributed by atoms with Gasteiger partial charge in [-0.25, -0.2) is 4.79 Å². The largest absolute Gasteiger partial charge is 0.480 e. The highest BCUT2D eigenvalue weighted by Gasteiger charge is 2.19. The van der Waals surface area contributed by atoms with Crippen LogP contribution in [-0.2, 0) is 4.79 Å². The average molecular weight is 252 g/mol. The number of aromatic nitrogens is 4. The van der Waals surface area contributed by atoms with Crippen LogP contribution in [0, 0.1) is 12.3 Å². The monoisotopic (exact) mass is 252 g/mol. The number of nitrogens with zero attached hydrogens (tertiary/aromatic N) is 4. The molecule has 0 saturated carbocycles. The minimum absolute atomic E-state index is 0.100. The van der Waals surface area contributed by atoms with Crippen molar-refractivity contribution in [2.45, 2.75) is 13.0 Å². The molecule has 9 nitrogen and oxygen atoms in total. The molecule has 18 heavy (non-hydrogen) atoms. The fourth-order valence-electron chi connectivity index (χ4n) is 1.17. The molecule has 0 bridgehead atoms. The highest BCUT2D eigenvalue weighted by molar-refractivity contribution is 5.80. The minimum atomic E-state index is -1.15. The number of terminal acetylenes is 1. The van der Waals surface area contributed by atoms with Crippen LogP contribution < -0.4 is 5.32 Å². The van der Waals surface area contributed by atoms with E-state index in [0.29, 0.717) is 5.82 Å². The first-order chi connectivity index (χ1) is 8.54. The van der Waals surface area contributed by atoms with E-state index < -0.39 is 24.6 Å². The summed E-state index contributed by atoms with van der Waals surface area (Å²) in [5.41, 5.74) is 0. The predicted molar refractivity (Wildman–Crippen MR) is 59.2 cm³/mol. The maximum absolute atomic E-state index is 11.7. The zero-order chi connectivity index (χ0) is 13.5. The molecule has 3 N–H and O–H groups in total. The van der Waals surface area contributed by atoms with Gasteiger partial charge in [-0.05, 0) is 6.92 Å². The van der Waals surface area contributed by atoms with Gasteiger partial charge in [-0.3, -0.25) is 4.79 Å². The van der Waals surface area contributed by atoms with E-state index in [9.17, 15) is 9.59 Å². The molecule has 96 valence electrons. The van der Waals surface area contributed by atoms with Crippen LogP contribution in [0.2, 0.25) is 0 Å². The van der Waals surface area contributed by atoms with Gasteiger partial charge in [0.1, 0.15) is 6.54 Å². The number of amides is 2. The van der Waals surface area contributed by atoms with Crippen molar-refractivity contribution in [3.63, 3.8) is 0 Å². The first-order valence-corrected chi connectivity index (χ1v) is 4.98. The molecule has 1 aromatic heterocycles. The van der Waals surface area contributed by atoms with Crippen molar-refractivity contribution in [3.8, 4) is 12.3 Å². The molecule has 1 atom stereocenters. The molecular weight excluding hydrogens is 240 g/mol. The summed E-state index contributed by atoms with van der Waals surface area (Å²) in [5, 5.41) is 24.2. The molecule has 0 aliphatic rings. The van der Waals surface area contributed by atoms with Crippen molar-refractivity contribution in [3.05, 3.63) is 5.82 Å². The highest BCUT2D eigenvalue weighted by Crippen LogP contribution is 2.04. The third-order valence-corrected chi connectivity index (χ3v) is 1.98. The van der Waals surface area contributed by atoms with Crippen LogP contribution in [0.4, 0.5) is 4.79 Å². The molecule has 0 radical (unpaired) electrons. The van der Waals surface area contributed by atoms with Crippen molar-refractivity contribution >= 4 is 12.0 Å². The van der Waals surface area contributed by atoms with Gasteiger partial charge in [0.2, 0.25) is 0 Å². The van der Waals surface area contributed by atoms with Gasteiger partial charge in [0, 0.05) is 0 Å². The molecule has 9 heteroatoms. The summed E-state index contributed by atoms with van der Waals surface area (Å²) in [6.45, 7) is 1.06. The normalized spacial score (nSPS) is 11.3. The SMILES string of the molecule is C#CCN(CC(=O)O)C(=O)NC(C)c1nn[nH]n1. The number of hydrogen-bond acceptors (Lipinski definition) is 5. The zero-order valence-electron chi connectivity index (χ0n) is 9.62. The third-order valence-electron chi connectivity index (χ3n) is 1.98. The number of hydrogen-bond donors (Lipinski definition) is 3. The lowest BCUT2D eigenvalue weighted by molar-refractivity contribution is -0.137. The first kappa shape index (κ1) is 13.4. The maximum Gasteiger partial charge on any atom is 0.323 e. The molecule has 0 spiro atoms. The number of aliphatic carboxylic acids is 1. The molecule has 1 aromatic rings. The van der Waals surface area contributed by atoms with E-state index >= 15 is 0 Å². The molecule has 1 unspecified atom stereocenters. The van der Waals surface area contributed by atoms with Crippen LogP contribution in [-0.4, -0.2) is 55.7 Å². The van der Waals surface area contributed by atoms with Crippen molar-refractivity contribution in [1.82, 2.24) is 30.8 Å². The number of urea groups is 1. The fourth-order valence-corrected chi connectivity index (χ4v) is 1.17. The highest BCUT2D eigenvalue weighted by atomic mass is 16.4. The van der Waals surface area contributed by atoms with E-state index in [1.165, 1.54) is 0 Å². The van der Waals surface area contributed by atoms with Crippen molar-refractivity contribution in [2.24, 2.45) is 0 Å². The quantitative estimate of drug-likeness (QED) is 0.577. The summed E-state index contributed by atoms with van der Waals surface area (Å²) in [6, 6.07) is -1.11. The van der Waals surface area contributed by atoms with E-state index in [4.69, 9.17) is 11.5 Å². The number of carboxylic acid groups (broad SMARTS) is 1. The second kappa shape index (κ2) is 6.19. The summed E-state index contributed by atoms with van der Waals surface area (Å²) < 4.78 is 0. The molecular formula is C9H12N6O3. The smallest absolute Gasteiger partial charge is 0.323 e. The van der Waals surface area contributed by atoms with Crippen LogP contribution in [0.5, 0.6) is 0 Å². The molecule has 0 aromatic carbocycles. The van der Waals surface area contributed by atoms with Crippen molar-refractivity contribution < 1.29 is 14.7 Å². The van der Waals surface area contributed by atoms with E-state index in [1.807, 2.05) is 0 Å². The molecule has 0 aliphatic carbocycles. The number of carboxylic acids is 1. The summed E-state index contributed by atoms with van der Waals surface area (Å²) >= 11 is 0. The van der Waals surface area contributed by atoms with Gasteiger partial charge in [0.05, 0.1) is 12.6 Å². The number of carbonyl (C=O) groups excluding carboxylic acids is 1. The lowest BCUT2D eigenvalue weighted by Crippen LogP contribution is -2.44. The Labute approximate surface area is 103 Å². The Morgan fingerprint density at radius 1 is 1.67 bits per heavy atom. The van der Waals surface area contributed by atoms with Gasteiger partial charge < -0.3 is 15.3 Å². The van der Waals surface area contributed by atoms with Gasteiger partial charge in [-0.1, -0.05) is 11.1 Å². The second-order valence-electron chi connectivity index (χ2n) is 3.40. The maximum atomic E-state index is 11.7. The summed E-state index contributed by atoms with van der Waals surface area (Å²) in [6.07, 6.45) is 5.06. The average Bonchev–Trinajstić information content (AvgIpc) is 2.81. The lowest BCUT2D eigenvalue weighted by atomic mass is 10.3. The number of H-pyrrole nitrogens is 1. The summed E-state index contributed by atoms with van der Waals surface area (Å²) in [4.78, 5) is 23.3. The lowest BCUT2D eigenvalue weighted by Gasteiger charge is -2.20. The van der Waals surface area contributed by atoms with Crippen LogP contribution in [0.25, 0.3) is 0 Å². The van der Waals surface area contributed by atoms with Crippen LogP contribution in [0.15, 0.2) is 0 Å². The Balaban J connectivity index is 2.61. The van der Waals surface area contributed by atoms with Gasteiger partial charge in [-0.2, -0.15) is 5.21 Å². The van der Waals surface area contributed by atoms with Crippen molar-refractivity contribution in [2.75, 3.05) is 13.1 Å².